The van der Waals surface area contributed by atoms with Gasteiger partial charge in [0.15, 0.2) is 0 Å². The molecule has 0 saturated carbocycles. The quantitative estimate of drug-likeness (QED) is 0.298. The normalized spacial score (nSPS) is 11.2. The van der Waals surface area contributed by atoms with Crippen LogP contribution in [0.25, 0.3) is 17.1 Å². The Kier molecular flexibility index (Phi) is 6.98. The van der Waals surface area contributed by atoms with Crippen molar-refractivity contribution in [2.45, 2.75) is 26.4 Å². The van der Waals surface area contributed by atoms with Gasteiger partial charge in [-0.25, -0.2) is 4.98 Å². The number of hydrogen-bond donors (Lipinski definition) is 1. The van der Waals surface area contributed by atoms with Crippen LogP contribution in [-0.4, -0.2) is 22.1 Å². The summed E-state index contributed by atoms with van der Waals surface area (Å²) in [4.78, 5) is 17.0. The summed E-state index contributed by atoms with van der Waals surface area (Å²) in [6, 6.07) is 25.8. The van der Waals surface area contributed by atoms with Crippen LogP contribution in [0.2, 0.25) is 0 Å². The van der Waals surface area contributed by atoms with Crippen molar-refractivity contribution in [1.82, 2.24) is 14.9 Å². The first-order valence-corrected chi connectivity index (χ1v) is 10.8. The van der Waals surface area contributed by atoms with E-state index in [9.17, 15) is 4.79 Å². The molecule has 0 spiro atoms. The first-order chi connectivity index (χ1) is 15.7. The molecule has 0 unspecified atom stereocenters. The molecule has 32 heavy (non-hydrogen) atoms. The highest BCUT2D eigenvalue weighted by molar-refractivity contribution is 5.91. The van der Waals surface area contributed by atoms with Crippen LogP contribution >= 0.6 is 0 Å². The van der Waals surface area contributed by atoms with E-state index in [4.69, 9.17) is 9.72 Å². The highest BCUT2D eigenvalue weighted by Crippen LogP contribution is 2.18. The van der Waals surface area contributed by atoms with Crippen LogP contribution in [0.4, 0.5) is 0 Å². The molecule has 0 radical (unpaired) electrons. The summed E-state index contributed by atoms with van der Waals surface area (Å²) in [6.07, 6.45) is 4.20. The maximum Gasteiger partial charge on any atom is 0.244 e. The molecule has 1 aromatic heterocycles. The molecule has 4 rings (SSSR count). The van der Waals surface area contributed by atoms with E-state index in [2.05, 4.69) is 16.0 Å². The third-order valence-electron chi connectivity index (χ3n) is 5.26. The number of aryl methyl sites for hydroxylation is 2. The third kappa shape index (κ3) is 5.43. The van der Waals surface area contributed by atoms with E-state index in [0.29, 0.717) is 13.2 Å². The number of carbonyl (C=O) groups excluding carboxylic acids is 1. The van der Waals surface area contributed by atoms with Crippen molar-refractivity contribution in [3.05, 3.63) is 102 Å². The SMILES string of the molecule is Cc1ccccc1OCCCn1c(CNC(=O)/C=C\c2ccccc2)nc2ccccc21. The van der Waals surface area contributed by atoms with E-state index in [1.165, 1.54) is 0 Å². The second kappa shape index (κ2) is 10.4. The summed E-state index contributed by atoms with van der Waals surface area (Å²) in [5.41, 5.74) is 4.11. The lowest BCUT2D eigenvalue weighted by Crippen LogP contribution is -2.23. The minimum Gasteiger partial charge on any atom is -0.493 e. The van der Waals surface area contributed by atoms with Gasteiger partial charge >= 0.3 is 0 Å². The van der Waals surface area contributed by atoms with Gasteiger partial charge in [-0.1, -0.05) is 60.7 Å². The number of ether oxygens (including phenoxy) is 1. The van der Waals surface area contributed by atoms with Crippen LogP contribution in [0.1, 0.15) is 23.4 Å². The zero-order valence-electron chi connectivity index (χ0n) is 18.2. The maximum atomic E-state index is 12.3. The molecule has 5 heteroatoms. The lowest BCUT2D eigenvalue weighted by molar-refractivity contribution is -0.116. The number of para-hydroxylation sites is 3. The fourth-order valence-corrected chi connectivity index (χ4v) is 3.59. The number of hydrogen-bond acceptors (Lipinski definition) is 3. The molecule has 0 fully saturated rings. The van der Waals surface area contributed by atoms with Crippen molar-refractivity contribution in [3.8, 4) is 5.75 Å². The Morgan fingerprint density at radius 3 is 2.59 bits per heavy atom. The Morgan fingerprint density at radius 1 is 1.00 bits per heavy atom. The molecule has 0 aliphatic rings. The monoisotopic (exact) mass is 425 g/mol. The zero-order valence-corrected chi connectivity index (χ0v) is 18.2. The number of aromatic nitrogens is 2. The van der Waals surface area contributed by atoms with Crippen molar-refractivity contribution in [2.24, 2.45) is 0 Å². The van der Waals surface area contributed by atoms with E-state index < -0.39 is 0 Å². The average Bonchev–Trinajstić information content (AvgIpc) is 3.18. The van der Waals surface area contributed by atoms with Crippen molar-refractivity contribution in [2.75, 3.05) is 6.61 Å². The largest absolute Gasteiger partial charge is 0.493 e. The number of imidazole rings is 1. The van der Waals surface area contributed by atoms with Gasteiger partial charge < -0.3 is 14.6 Å². The van der Waals surface area contributed by atoms with Crippen LogP contribution < -0.4 is 10.1 Å². The molecule has 1 N–H and O–H groups in total. The Bertz CT molecular complexity index is 1210. The van der Waals surface area contributed by atoms with Crippen molar-refractivity contribution in [1.29, 1.82) is 0 Å². The summed E-state index contributed by atoms with van der Waals surface area (Å²) in [5.74, 6) is 1.61. The Morgan fingerprint density at radius 2 is 1.75 bits per heavy atom. The predicted octanol–water partition coefficient (Wildman–Crippen LogP) is 5.14. The standard InChI is InChI=1S/C27H27N3O2/c1-21-10-5-8-15-25(21)32-19-9-18-30-24-14-7-6-13-23(24)29-26(30)20-28-27(31)17-16-22-11-3-2-4-12-22/h2-8,10-17H,9,18-20H2,1H3,(H,28,31)/b17-16-. The van der Waals surface area contributed by atoms with Gasteiger partial charge in [0.2, 0.25) is 5.91 Å². The van der Waals surface area contributed by atoms with E-state index in [1.807, 2.05) is 79.7 Å². The minimum atomic E-state index is -0.143. The van der Waals surface area contributed by atoms with Gasteiger partial charge in [-0.15, -0.1) is 0 Å². The van der Waals surface area contributed by atoms with Crippen molar-refractivity contribution < 1.29 is 9.53 Å². The highest BCUT2D eigenvalue weighted by atomic mass is 16.5. The van der Waals surface area contributed by atoms with E-state index >= 15 is 0 Å². The molecule has 0 aliphatic heterocycles. The Balaban J connectivity index is 1.39. The number of nitrogens with one attached hydrogen (secondary N) is 1. The molecular weight excluding hydrogens is 398 g/mol. The number of rotatable bonds is 9. The molecule has 0 aliphatic carbocycles. The van der Waals surface area contributed by atoms with Gasteiger partial charge in [0, 0.05) is 12.6 Å². The van der Waals surface area contributed by atoms with Crippen molar-refractivity contribution >= 4 is 23.0 Å². The van der Waals surface area contributed by atoms with Gasteiger partial charge in [-0.2, -0.15) is 0 Å². The smallest absolute Gasteiger partial charge is 0.244 e. The first kappa shape index (κ1) is 21.4. The molecule has 1 heterocycles. The predicted molar refractivity (Wildman–Crippen MR) is 128 cm³/mol. The summed E-state index contributed by atoms with van der Waals surface area (Å²) >= 11 is 0. The second-order valence-electron chi connectivity index (χ2n) is 7.60. The molecule has 1 amide bonds. The Hall–Kier alpha value is -3.86. The molecule has 5 nitrogen and oxygen atoms in total. The zero-order chi connectivity index (χ0) is 22.2. The molecule has 4 aromatic rings. The fourth-order valence-electron chi connectivity index (χ4n) is 3.59. The van der Waals surface area contributed by atoms with Crippen LogP contribution in [0.15, 0.2) is 84.9 Å². The van der Waals surface area contributed by atoms with Crippen LogP contribution in [0.3, 0.4) is 0 Å². The van der Waals surface area contributed by atoms with E-state index in [-0.39, 0.29) is 5.91 Å². The van der Waals surface area contributed by atoms with Crippen LogP contribution in [0.5, 0.6) is 5.75 Å². The van der Waals surface area contributed by atoms with Gasteiger partial charge in [-0.3, -0.25) is 4.79 Å². The number of fused-ring (bicyclic) bond motifs is 1. The Labute approximate surface area is 188 Å². The molecule has 3 aromatic carbocycles. The number of carbonyl (C=O) groups is 1. The summed E-state index contributed by atoms with van der Waals surface area (Å²) in [7, 11) is 0. The van der Waals surface area contributed by atoms with Gasteiger partial charge in [0.1, 0.15) is 11.6 Å². The minimum absolute atomic E-state index is 0.143. The lowest BCUT2D eigenvalue weighted by Gasteiger charge is -2.12. The lowest BCUT2D eigenvalue weighted by atomic mass is 10.2. The molecule has 162 valence electrons. The topological polar surface area (TPSA) is 56.1 Å². The summed E-state index contributed by atoms with van der Waals surface area (Å²) in [5, 5.41) is 2.95. The average molecular weight is 426 g/mol. The van der Waals surface area contributed by atoms with Crippen molar-refractivity contribution in [3.63, 3.8) is 0 Å². The van der Waals surface area contributed by atoms with E-state index in [1.54, 1.807) is 12.2 Å². The second-order valence-corrected chi connectivity index (χ2v) is 7.60. The summed E-state index contributed by atoms with van der Waals surface area (Å²) < 4.78 is 8.11. The van der Waals surface area contributed by atoms with Crippen LogP contribution in [-0.2, 0) is 17.9 Å². The number of amides is 1. The molecule has 0 saturated heterocycles. The van der Waals surface area contributed by atoms with E-state index in [0.717, 1.165) is 46.7 Å². The summed E-state index contributed by atoms with van der Waals surface area (Å²) in [6.45, 7) is 3.79. The van der Waals surface area contributed by atoms with Gasteiger partial charge in [-0.05, 0) is 48.7 Å². The van der Waals surface area contributed by atoms with Crippen LogP contribution in [0, 0.1) is 6.92 Å². The first-order valence-electron chi connectivity index (χ1n) is 10.8. The molecule has 0 atom stereocenters. The van der Waals surface area contributed by atoms with Gasteiger partial charge in [0.25, 0.3) is 0 Å². The number of nitrogens with zero attached hydrogens (tertiary/aromatic N) is 2. The third-order valence-corrected chi connectivity index (χ3v) is 5.26. The highest BCUT2D eigenvalue weighted by Gasteiger charge is 2.11. The molecular formula is C27H27N3O2. The van der Waals surface area contributed by atoms with Gasteiger partial charge in [0.05, 0.1) is 24.2 Å². The maximum absolute atomic E-state index is 12.3. The fraction of sp³-hybridized carbons (Fsp3) is 0.185. The number of benzene rings is 3. The molecule has 0 bridgehead atoms.